The van der Waals surface area contributed by atoms with Gasteiger partial charge in [-0.25, -0.2) is 0 Å². The van der Waals surface area contributed by atoms with Crippen LogP contribution in [0, 0.1) is 5.92 Å². The largest absolute Gasteiger partial charge is 0.495 e. The van der Waals surface area contributed by atoms with Crippen LogP contribution in [-0.2, 0) is 0 Å². The van der Waals surface area contributed by atoms with Crippen molar-refractivity contribution in [2.45, 2.75) is 38.6 Å². The number of methoxy groups -OCH3 is 1. The summed E-state index contributed by atoms with van der Waals surface area (Å²) in [4.78, 5) is 9.45. The van der Waals surface area contributed by atoms with Crippen molar-refractivity contribution in [3.63, 3.8) is 0 Å². The van der Waals surface area contributed by atoms with Gasteiger partial charge in [0.25, 0.3) is 0 Å². The first kappa shape index (κ1) is 24.1. The van der Waals surface area contributed by atoms with Crippen LogP contribution in [0.3, 0.4) is 0 Å². The normalized spacial score (nSPS) is 21.0. The first-order valence-corrected chi connectivity index (χ1v) is 10.8. The molecule has 29 heavy (non-hydrogen) atoms. The molecule has 2 saturated heterocycles. The molecule has 2 fully saturated rings. The number of para-hydroxylation sites is 2. The highest BCUT2D eigenvalue weighted by Crippen LogP contribution is 2.31. The SMILES string of the molecule is CCCN1CCC(NC(=NC)NCC2CCN(c3ccccc3OC)C2)CC1.I. The minimum atomic E-state index is 0. The predicted molar refractivity (Wildman–Crippen MR) is 133 cm³/mol. The number of hydrogen-bond donors (Lipinski definition) is 2. The monoisotopic (exact) mass is 515 g/mol. The van der Waals surface area contributed by atoms with Gasteiger partial charge in [-0.2, -0.15) is 0 Å². The van der Waals surface area contributed by atoms with Gasteiger partial charge in [-0.05, 0) is 50.3 Å². The molecule has 2 N–H and O–H groups in total. The number of hydrogen-bond acceptors (Lipinski definition) is 4. The van der Waals surface area contributed by atoms with Crippen LogP contribution in [0.1, 0.15) is 32.6 Å². The van der Waals surface area contributed by atoms with Gasteiger partial charge in [0.05, 0.1) is 12.8 Å². The Balaban J connectivity index is 0.00000300. The van der Waals surface area contributed by atoms with Gasteiger partial charge < -0.3 is 25.2 Å². The number of guanidine groups is 1. The average molecular weight is 515 g/mol. The lowest BCUT2D eigenvalue weighted by atomic mass is 10.1. The van der Waals surface area contributed by atoms with E-state index in [2.05, 4.69) is 44.5 Å². The van der Waals surface area contributed by atoms with Gasteiger partial charge in [0.15, 0.2) is 5.96 Å². The highest BCUT2D eigenvalue weighted by atomic mass is 127. The minimum absolute atomic E-state index is 0. The van der Waals surface area contributed by atoms with Crippen LogP contribution in [0.2, 0.25) is 0 Å². The van der Waals surface area contributed by atoms with Gasteiger partial charge >= 0.3 is 0 Å². The van der Waals surface area contributed by atoms with E-state index in [1.54, 1.807) is 7.11 Å². The van der Waals surface area contributed by atoms with E-state index < -0.39 is 0 Å². The van der Waals surface area contributed by atoms with Gasteiger partial charge in [-0.15, -0.1) is 24.0 Å². The minimum Gasteiger partial charge on any atom is -0.495 e. The number of ether oxygens (including phenoxy) is 1. The van der Waals surface area contributed by atoms with Crippen LogP contribution in [0.15, 0.2) is 29.3 Å². The Morgan fingerprint density at radius 1 is 1.17 bits per heavy atom. The van der Waals surface area contributed by atoms with E-state index in [0.717, 1.165) is 31.3 Å². The topological polar surface area (TPSA) is 52.1 Å². The Morgan fingerprint density at radius 2 is 1.93 bits per heavy atom. The maximum Gasteiger partial charge on any atom is 0.191 e. The number of rotatable bonds is 7. The van der Waals surface area contributed by atoms with Crippen molar-refractivity contribution < 1.29 is 4.74 Å². The van der Waals surface area contributed by atoms with Crippen LogP contribution >= 0.6 is 24.0 Å². The van der Waals surface area contributed by atoms with E-state index in [-0.39, 0.29) is 24.0 Å². The molecule has 0 aliphatic carbocycles. The molecule has 1 aromatic rings. The van der Waals surface area contributed by atoms with E-state index in [1.165, 1.54) is 51.0 Å². The predicted octanol–water partition coefficient (Wildman–Crippen LogP) is 3.18. The number of aliphatic imine (C=N–C) groups is 1. The lowest BCUT2D eigenvalue weighted by molar-refractivity contribution is 0.206. The number of benzene rings is 1. The summed E-state index contributed by atoms with van der Waals surface area (Å²) >= 11 is 0. The molecule has 0 amide bonds. The molecule has 1 atom stereocenters. The summed E-state index contributed by atoms with van der Waals surface area (Å²) in [5.74, 6) is 2.53. The van der Waals surface area contributed by atoms with Gasteiger partial charge in [0.1, 0.15) is 5.75 Å². The van der Waals surface area contributed by atoms with Crippen molar-refractivity contribution >= 4 is 35.6 Å². The van der Waals surface area contributed by atoms with Crippen molar-refractivity contribution in [2.24, 2.45) is 10.9 Å². The van der Waals surface area contributed by atoms with E-state index in [0.29, 0.717) is 12.0 Å². The fourth-order valence-electron chi connectivity index (χ4n) is 4.36. The molecule has 0 aromatic heterocycles. The molecule has 7 heteroatoms. The van der Waals surface area contributed by atoms with E-state index in [9.17, 15) is 0 Å². The number of nitrogens with one attached hydrogen (secondary N) is 2. The second kappa shape index (κ2) is 12.5. The van der Waals surface area contributed by atoms with Gasteiger partial charge in [-0.3, -0.25) is 4.99 Å². The van der Waals surface area contributed by atoms with Crippen LogP contribution in [0.4, 0.5) is 5.69 Å². The maximum absolute atomic E-state index is 5.53. The number of likely N-dealkylation sites (tertiary alicyclic amines) is 1. The van der Waals surface area contributed by atoms with Crippen LogP contribution in [-0.4, -0.2) is 70.3 Å². The lowest BCUT2D eigenvalue weighted by Crippen LogP contribution is -2.49. The molecule has 2 aliphatic heterocycles. The fraction of sp³-hybridized carbons (Fsp3) is 0.682. The molecule has 0 spiro atoms. The Bertz CT molecular complexity index is 633. The first-order valence-electron chi connectivity index (χ1n) is 10.8. The average Bonchev–Trinajstić information content (AvgIpc) is 3.21. The molecule has 1 aromatic carbocycles. The van der Waals surface area contributed by atoms with Crippen molar-refractivity contribution in [1.82, 2.24) is 15.5 Å². The Labute approximate surface area is 193 Å². The molecule has 6 nitrogen and oxygen atoms in total. The summed E-state index contributed by atoms with van der Waals surface area (Å²) in [5, 5.41) is 7.20. The third-order valence-corrected chi connectivity index (χ3v) is 5.96. The van der Waals surface area contributed by atoms with E-state index in [1.807, 2.05) is 19.2 Å². The number of nitrogens with zero attached hydrogens (tertiary/aromatic N) is 3. The zero-order valence-electron chi connectivity index (χ0n) is 18.2. The molecule has 1 unspecified atom stereocenters. The highest BCUT2D eigenvalue weighted by molar-refractivity contribution is 14.0. The maximum atomic E-state index is 5.53. The standard InChI is InChI=1S/C22H37N5O.HI/c1-4-12-26-13-10-19(11-14-26)25-22(23-2)24-16-18-9-15-27(17-18)20-7-5-6-8-21(20)28-3;/h5-8,18-19H,4,9-17H2,1-3H3,(H2,23,24,25);1H. The van der Waals surface area contributed by atoms with E-state index >= 15 is 0 Å². The lowest BCUT2D eigenvalue weighted by Gasteiger charge is -2.33. The van der Waals surface area contributed by atoms with Crippen molar-refractivity contribution in [1.29, 1.82) is 0 Å². The van der Waals surface area contributed by atoms with Gasteiger partial charge in [0, 0.05) is 45.8 Å². The quantitative estimate of drug-likeness (QED) is 0.332. The second-order valence-electron chi connectivity index (χ2n) is 7.99. The fourth-order valence-corrected chi connectivity index (χ4v) is 4.36. The number of piperidine rings is 1. The zero-order valence-corrected chi connectivity index (χ0v) is 20.5. The first-order chi connectivity index (χ1) is 13.7. The van der Waals surface area contributed by atoms with Gasteiger partial charge in [-0.1, -0.05) is 19.1 Å². The van der Waals surface area contributed by atoms with Crippen molar-refractivity contribution in [3.05, 3.63) is 24.3 Å². The second-order valence-corrected chi connectivity index (χ2v) is 7.99. The van der Waals surface area contributed by atoms with Crippen molar-refractivity contribution in [2.75, 3.05) is 58.3 Å². The van der Waals surface area contributed by atoms with Crippen LogP contribution < -0.4 is 20.3 Å². The summed E-state index contributed by atoms with van der Waals surface area (Å²) < 4.78 is 5.53. The summed E-state index contributed by atoms with van der Waals surface area (Å²) in [6.45, 7) is 8.96. The third-order valence-electron chi connectivity index (χ3n) is 5.96. The smallest absolute Gasteiger partial charge is 0.191 e. The summed E-state index contributed by atoms with van der Waals surface area (Å²) in [6.07, 6.45) is 4.84. The van der Waals surface area contributed by atoms with Crippen LogP contribution in [0.5, 0.6) is 5.75 Å². The van der Waals surface area contributed by atoms with E-state index in [4.69, 9.17) is 4.74 Å². The molecule has 2 heterocycles. The third kappa shape index (κ3) is 6.91. The number of anilines is 1. The number of halogens is 1. The summed E-state index contributed by atoms with van der Waals surface area (Å²) in [5.41, 5.74) is 1.20. The molecular formula is C22H38IN5O. The zero-order chi connectivity index (χ0) is 19.8. The molecular weight excluding hydrogens is 477 g/mol. The molecule has 0 saturated carbocycles. The molecule has 0 radical (unpaired) electrons. The summed E-state index contributed by atoms with van der Waals surface area (Å²) in [7, 11) is 3.62. The van der Waals surface area contributed by atoms with Crippen molar-refractivity contribution in [3.8, 4) is 5.75 Å². The molecule has 164 valence electrons. The van der Waals surface area contributed by atoms with Crippen LogP contribution in [0.25, 0.3) is 0 Å². The van der Waals surface area contributed by atoms with Gasteiger partial charge in [0.2, 0.25) is 0 Å². The molecule has 2 aliphatic rings. The molecule has 3 rings (SSSR count). The Morgan fingerprint density at radius 3 is 2.62 bits per heavy atom. The molecule has 0 bridgehead atoms. The summed E-state index contributed by atoms with van der Waals surface area (Å²) in [6, 6.07) is 8.84. The Kier molecular flexibility index (Phi) is 10.3. The highest BCUT2D eigenvalue weighted by Gasteiger charge is 2.25. The Hall–Kier alpha value is -1.22.